The average molecular weight is 255 g/mol. The number of piperazine rings is 1. The van der Waals surface area contributed by atoms with Crippen molar-refractivity contribution in [2.24, 2.45) is 0 Å². The monoisotopic (exact) mass is 254 g/mol. The molecule has 2 nitrogen and oxygen atoms in total. The highest BCUT2D eigenvalue weighted by molar-refractivity contribution is 5.85. The van der Waals surface area contributed by atoms with Crippen LogP contribution in [0.1, 0.15) is 25.3 Å². The van der Waals surface area contributed by atoms with Crippen molar-refractivity contribution in [2.75, 3.05) is 26.2 Å². The maximum absolute atomic E-state index is 3.44. The first-order valence-electron chi connectivity index (χ1n) is 6.27. The minimum Gasteiger partial charge on any atom is -0.314 e. The fourth-order valence-electron chi connectivity index (χ4n) is 2.39. The van der Waals surface area contributed by atoms with Crippen molar-refractivity contribution in [3.63, 3.8) is 0 Å². The first-order valence-corrected chi connectivity index (χ1v) is 6.27. The summed E-state index contributed by atoms with van der Waals surface area (Å²) in [7, 11) is 0. The summed E-state index contributed by atoms with van der Waals surface area (Å²) in [5.74, 6) is 0.627. The van der Waals surface area contributed by atoms with Gasteiger partial charge in [-0.2, -0.15) is 0 Å². The lowest BCUT2D eigenvalue weighted by Gasteiger charge is -2.35. The van der Waals surface area contributed by atoms with Crippen LogP contribution in [0.5, 0.6) is 0 Å². The molecule has 1 fully saturated rings. The van der Waals surface area contributed by atoms with E-state index >= 15 is 0 Å². The molecule has 1 aromatic carbocycles. The molecule has 0 spiro atoms. The van der Waals surface area contributed by atoms with Crippen LogP contribution in [0, 0.1) is 0 Å². The molecule has 2 rings (SSSR count). The van der Waals surface area contributed by atoms with Crippen LogP contribution in [-0.4, -0.2) is 37.1 Å². The van der Waals surface area contributed by atoms with Crippen molar-refractivity contribution in [2.45, 2.75) is 25.8 Å². The number of benzene rings is 1. The van der Waals surface area contributed by atoms with E-state index in [1.807, 2.05) is 0 Å². The van der Waals surface area contributed by atoms with E-state index < -0.39 is 0 Å². The molecule has 1 unspecified atom stereocenters. The Morgan fingerprint density at radius 2 is 2.06 bits per heavy atom. The van der Waals surface area contributed by atoms with E-state index in [2.05, 4.69) is 54.4 Å². The molecule has 0 radical (unpaired) electrons. The third-order valence-corrected chi connectivity index (χ3v) is 3.52. The Labute approximate surface area is 111 Å². The summed E-state index contributed by atoms with van der Waals surface area (Å²) < 4.78 is 0. The van der Waals surface area contributed by atoms with Crippen molar-refractivity contribution in [1.82, 2.24) is 10.2 Å². The molecule has 0 bridgehead atoms. The third-order valence-electron chi connectivity index (χ3n) is 3.52. The maximum Gasteiger partial charge on any atom is 0.0193 e. The van der Waals surface area contributed by atoms with Crippen LogP contribution >= 0.6 is 12.4 Å². The van der Waals surface area contributed by atoms with Gasteiger partial charge >= 0.3 is 0 Å². The van der Waals surface area contributed by atoms with Crippen LogP contribution in [0.15, 0.2) is 30.3 Å². The molecular formula is C14H23ClN2. The number of rotatable bonds is 3. The number of halogens is 1. The highest BCUT2D eigenvalue weighted by Crippen LogP contribution is 2.17. The minimum absolute atomic E-state index is 0. The summed E-state index contributed by atoms with van der Waals surface area (Å²) in [6.45, 7) is 9.24. The molecule has 0 saturated carbocycles. The molecule has 1 aliphatic heterocycles. The van der Waals surface area contributed by atoms with Crippen LogP contribution in [-0.2, 0) is 0 Å². The van der Waals surface area contributed by atoms with E-state index in [1.54, 1.807) is 0 Å². The van der Waals surface area contributed by atoms with Gasteiger partial charge in [-0.15, -0.1) is 12.4 Å². The molecule has 3 heteroatoms. The van der Waals surface area contributed by atoms with Gasteiger partial charge < -0.3 is 5.32 Å². The van der Waals surface area contributed by atoms with Crippen LogP contribution in [0.2, 0.25) is 0 Å². The quantitative estimate of drug-likeness (QED) is 0.892. The summed E-state index contributed by atoms with van der Waals surface area (Å²) >= 11 is 0. The van der Waals surface area contributed by atoms with Gasteiger partial charge in [0, 0.05) is 32.2 Å². The van der Waals surface area contributed by atoms with Crippen molar-refractivity contribution >= 4 is 12.4 Å². The Hall–Kier alpha value is -0.570. The summed E-state index contributed by atoms with van der Waals surface area (Å²) in [6.07, 6.45) is 0. The predicted molar refractivity (Wildman–Crippen MR) is 76.0 cm³/mol. The van der Waals surface area contributed by atoms with Crippen LogP contribution < -0.4 is 5.32 Å². The Morgan fingerprint density at radius 3 is 2.71 bits per heavy atom. The number of nitrogens with one attached hydrogen (secondary N) is 1. The lowest BCUT2D eigenvalue weighted by molar-refractivity contribution is 0.166. The zero-order valence-corrected chi connectivity index (χ0v) is 11.5. The second kappa shape index (κ2) is 7.00. The Morgan fingerprint density at radius 1 is 1.35 bits per heavy atom. The van der Waals surface area contributed by atoms with Crippen LogP contribution in [0.4, 0.5) is 0 Å². The van der Waals surface area contributed by atoms with Gasteiger partial charge in [-0.3, -0.25) is 4.90 Å². The predicted octanol–water partition coefficient (Wildman–Crippen LogP) is 2.51. The fraction of sp³-hybridized carbons (Fsp3) is 0.571. The van der Waals surface area contributed by atoms with E-state index in [-0.39, 0.29) is 12.4 Å². The SMILES string of the molecule is CC(CN1CCNC[C@H]1C)c1ccccc1.Cl. The number of hydrogen-bond donors (Lipinski definition) is 1. The largest absolute Gasteiger partial charge is 0.314 e. The zero-order chi connectivity index (χ0) is 11.4. The molecule has 1 N–H and O–H groups in total. The normalized spacial score (nSPS) is 22.8. The Bertz CT molecular complexity index is 315. The van der Waals surface area contributed by atoms with E-state index in [0.29, 0.717) is 12.0 Å². The maximum atomic E-state index is 3.44. The molecule has 1 saturated heterocycles. The first-order chi connectivity index (χ1) is 7.77. The molecule has 0 amide bonds. The highest BCUT2D eigenvalue weighted by atomic mass is 35.5. The van der Waals surface area contributed by atoms with Crippen molar-refractivity contribution in [3.05, 3.63) is 35.9 Å². The summed E-state index contributed by atoms with van der Waals surface area (Å²) in [5, 5.41) is 3.44. The average Bonchev–Trinajstić information content (AvgIpc) is 2.33. The molecule has 1 aromatic rings. The van der Waals surface area contributed by atoms with E-state index in [9.17, 15) is 0 Å². The highest BCUT2D eigenvalue weighted by Gasteiger charge is 2.19. The minimum atomic E-state index is 0. The van der Waals surface area contributed by atoms with Gasteiger partial charge in [0.25, 0.3) is 0 Å². The number of hydrogen-bond acceptors (Lipinski definition) is 2. The molecule has 0 aliphatic carbocycles. The number of nitrogens with zero attached hydrogens (tertiary/aromatic N) is 1. The zero-order valence-electron chi connectivity index (χ0n) is 10.7. The van der Waals surface area contributed by atoms with Gasteiger partial charge in [0.05, 0.1) is 0 Å². The Kier molecular flexibility index (Phi) is 5.96. The van der Waals surface area contributed by atoms with Crippen molar-refractivity contribution in [3.8, 4) is 0 Å². The Balaban J connectivity index is 0.00000144. The lowest BCUT2D eigenvalue weighted by Crippen LogP contribution is -2.50. The van der Waals surface area contributed by atoms with Gasteiger partial charge in [-0.1, -0.05) is 37.3 Å². The van der Waals surface area contributed by atoms with Crippen molar-refractivity contribution in [1.29, 1.82) is 0 Å². The van der Waals surface area contributed by atoms with Gasteiger partial charge in [-0.25, -0.2) is 0 Å². The molecule has 96 valence electrons. The van der Waals surface area contributed by atoms with Crippen molar-refractivity contribution < 1.29 is 0 Å². The van der Waals surface area contributed by atoms with Gasteiger partial charge in [-0.05, 0) is 18.4 Å². The topological polar surface area (TPSA) is 15.3 Å². The molecule has 2 atom stereocenters. The van der Waals surface area contributed by atoms with Gasteiger partial charge in [0.1, 0.15) is 0 Å². The molecular weight excluding hydrogens is 232 g/mol. The summed E-state index contributed by atoms with van der Waals surface area (Å²) in [6, 6.07) is 11.5. The third kappa shape index (κ3) is 3.98. The molecule has 0 aromatic heterocycles. The van der Waals surface area contributed by atoms with Crippen LogP contribution in [0.3, 0.4) is 0 Å². The molecule has 1 heterocycles. The fourth-order valence-corrected chi connectivity index (χ4v) is 2.39. The van der Waals surface area contributed by atoms with E-state index in [0.717, 1.165) is 13.1 Å². The van der Waals surface area contributed by atoms with Gasteiger partial charge in [0.15, 0.2) is 0 Å². The van der Waals surface area contributed by atoms with Gasteiger partial charge in [0.2, 0.25) is 0 Å². The summed E-state index contributed by atoms with van der Waals surface area (Å²) in [5.41, 5.74) is 1.45. The standard InChI is InChI=1S/C14H22N2.ClH/c1-12(14-6-4-3-5-7-14)11-16-9-8-15-10-13(16)2;/h3-7,12-13,15H,8-11H2,1-2H3;1H/t12?,13-;/m1./s1. The summed E-state index contributed by atoms with van der Waals surface area (Å²) in [4.78, 5) is 2.59. The second-order valence-electron chi connectivity index (χ2n) is 4.86. The second-order valence-corrected chi connectivity index (χ2v) is 4.86. The molecule has 17 heavy (non-hydrogen) atoms. The van der Waals surface area contributed by atoms with Crippen LogP contribution in [0.25, 0.3) is 0 Å². The molecule has 1 aliphatic rings. The van der Waals surface area contributed by atoms with E-state index in [1.165, 1.54) is 18.7 Å². The lowest BCUT2D eigenvalue weighted by atomic mass is 10.00. The smallest absolute Gasteiger partial charge is 0.0193 e. The van der Waals surface area contributed by atoms with E-state index in [4.69, 9.17) is 0 Å². The first kappa shape index (κ1) is 14.5.